The summed E-state index contributed by atoms with van der Waals surface area (Å²) in [5.74, 6) is 0. The van der Waals surface area contributed by atoms with Gasteiger partial charge in [0.15, 0.2) is 0 Å². The lowest BCUT2D eigenvalue weighted by molar-refractivity contribution is 0.183. The van der Waals surface area contributed by atoms with Gasteiger partial charge in [-0.25, -0.2) is 0 Å². The van der Waals surface area contributed by atoms with E-state index in [1.807, 2.05) is 24.5 Å². The first kappa shape index (κ1) is 11.0. The third-order valence-electron chi connectivity index (χ3n) is 1.79. The molecular weight excluding hydrogens is 250 g/mol. The van der Waals surface area contributed by atoms with Crippen LogP contribution in [-0.2, 0) is 0 Å². The van der Waals surface area contributed by atoms with Crippen molar-refractivity contribution in [1.29, 1.82) is 0 Å². The molecular formula is C9H12BrNOS. The van der Waals surface area contributed by atoms with E-state index >= 15 is 0 Å². The van der Waals surface area contributed by atoms with Crippen LogP contribution in [0.15, 0.2) is 27.6 Å². The highest BCUT2D eigenvalue weighted by atomic mass is 79.9. The Kier molecular flexibility index (Phi) is 4.25. The number of hydrogen-bond donors (Lipinski definition) is 2. The highest BCUT2D eigenvalue weighted by Gasteiger charge is 2.13. The zero-order valence-corrected chi connectivity index (χ0v) is 9.73. The summed E-state index contributed by atoms with van der Waals surface area (Å²) in [5, 5.41) is 9.65. The average molecular weight is 262 g/mol. The van der Waals surface area contributed by atoms with Gasteiger partial charge >= 0.3 is 0 Å². The average Bonchev–Trinajstić information content (AvgIpc) is 2.16. The van der Waals surface area contributed by atoms with Crippen molar-refractivity contribution in [1.82, 2.24) is 0 Å². The molecule has 0 saturated carbocycles. The number of aliphatic hydroxyl groups excluding tert-OH is 1. The maximum absolute atomic E-state index is 9.65. The van der Waals surface area contributed by atoms with Crippen molar-refractivity contribution in [3.63, 3.8) is 0 Å². The quantitative estimate of drug-likeness (QED) is 0.820. The van der Waals surface area contributed by atoms with Gasteiger partial charge in [0.05, 0.1) is 6.10 Å². The van der Waals surface area contributed by atoms with Crippen LogP contribution in [0.2, 0.25) is 0 Å². The predicted molar refractivity (Wildman–Crippen MR) is 59.9 cm³/mol. The maximum Gasteiger partial charge on any atom is 0.0933 e. The highest BCUT2D eigenvalue weighted by molar-refractivity contribution is 9.10. The molecule has 0 aliphatic carbocycles. The number of hydrogen-bond acceptors (Lipinski definition) is 3. The zero-order chi connectivity index (χ0) is 9.84. The molecule has 1 atom stereocenters. The highest BCUT2D eigenvalue weighted by Crippen LogP contribution is 2.31. The third-order valence-corrected chi connectivity index (χ3v) is 3.28. The molecule has 0 saturated heterocycles. The summed E-state index contributed by atoms with van der Waals surface area (Å²) in [4.78, 5) is 1.06. The van der Waals surface area contributed by atoms with Gasteiger partial charge in [-0.15, -0.1) is 11.8 Å². The number of thioether (sulfide) groups is 1. The van der Waals surface area contributed by atoms with Gasteiger partial charge in [-0.3, -0.25) is 0 Å². The molecule has 0 radical (unpaired) electrons. The van der Waals surface area contributed by atoms with Crippen molar-refractivity contribution < 1.29 is 5.11 Å². The summed E-state index contributed by atoms with van der Waals surface area (Å²) < 4.78 is 0.914. The fraction of sp³-hybridized carbons (Fsp3) is 0.333. The smallest absolute Gasteiger partial charge is 0.0933 e. The van der Waals surface area contributed by atoms with Gasteiger partial charge in [0.25, 0.3) is 0 Å². The monoisotopic (exact) mass is 261 g/mol. The van der Waals surface area contributed by atoms with Crippen LogP contribution in [0.1, 0.15) is 11.7 Å². The Morgan fingerprint density at radius 2 is 2.31 bits per heavy atom. The number of rotatable bonds is 3. The maximum atomic E-state index is 9.65. The Morgan fingerprint density at radius 3 is 2.85 bits per heavy atom. The summed E-state index contributed by atoms with van der Waals surface area (Å²) in [6, 6.07) is 5.83. The molecule has 72 valence electrons. The zero-order valence-electron chi connectivity index (χ0n) is 7.33. The molecule has 0 fully saturated rings. The van der Waals surface area contributed by atoms with Crippen LogP contribution < -0.4 is 5.73 Å². The molecule has 0 heterocycles. The van der Waals surface area contributed by atoms with E-state index in [0.29, 0.717) is 0 Å². The number of benzene rings is 1. The van der Waals surface area contributed by atoms with E-state index in [-0.39, 0.29) is 6.54 Å². The SMILES string of the molecule is CSc1cccc(Br)c1C(O)CN. The summed E-state index contributed by atoms with van der Waals surface area (Å²) in [5.41, 5.74) is 6.30. The second-order valence-electron chi connectivity index (χ2n) is 2.61. The molecule has 1 aromatic carbocycles. The van der Waals surface area contributed by atoms with Gasteiger partial charge in [-0.2, -0.15) is 0 Å². The molecule has 0 bridgehead atoms. The second-order valence-corrected chi connectivity index (χ2v) is 4.31. The van der Waals surface area contributed by atoms with Crippen molar-refractivity contribution in [2.75, 3.05) is 12.8 Å². The lowest BCUT2D eigenvalue weighted by Gasteiger charge is -2.14. The molecule has 1 aromatic rings. The lowest BCUT2D eigenvalue weighted by atomic mass is 10.1. The molecule has 2 nitrogen and oxygen atoms in total. The van der Waals surface area contributed by atoms with Crippen molar-refractivity contribution >= 4 is 27.7 Å². The predicted octanol–water partition coefficient (Wildman–Crippen LogP) is 2.16. The summed E-state index contributed by atoms with van der Waals surface area (Å²) in [7, 11) is 0. The summed E-state index contributed by atoms with van der Waals surface area (Å²) in [6.07, 6.45) is 1.40. The van der Waals surface area contributed by atoms with Crippen LogP contribution >= 0.6 is 27.7 Å². The second kappa shape index (κ2) is 5.00. The van der Waals surface area contributed by atoms with Gasteiger partial charge in [-0.1, -0.05) is 22.0 Å². The van der Waals surface area contributed by atoms with Crippen molar-refractivity contribution in [2.45, 2.75) is 11.0 Å². The molecule has 13 heavy (non-hydrogen) atoms. The Bertz CT molecular complexity index is 293. The van der Waals surface area contributed by atoms with Crippen LogP contribution in [0.4, 0.5) is 0 Å². The molecule has 1 unspecified atom stereocenters. The number of aliphatic hydroxyl groups is 1. The normalized spacial score (nSPS) is 12.9. The van der Waals surface area contributed by atoms with Crippen LogP contribution in [0, 0.1) is 0 Å². The molecule has 0 aliphatic rings. The van der Waals surface area contributed by atoms with E-state index in [1.165, 1.54) is 0 Å². The Hall–Kier alpha value is -0.0300. The first-order valence-corrected chi connectivity index (χ1v) is 5.93. The van der Waals surface area contributed by atoms with E-state index in [4.69, 9.17) is 5.73 Å². The minimum atomic E-state index is -0.585. The van der Waals surface area contributed by atoms with Gasteiger partial charge in [0.2, 0.25) is 0 Å². The molecule has 4 heteroatoms. The van der Waals surface area contributed by atoms with Gasteiger partial charge in [0, 0.05) is 21.5 Å². The Labute approximate surface area is 90.7 Å². The number of halogens is 1. The van der Waals surface area contributed by atoms with Crippen molar-refractivity contribution in [3.05, 3.63) is 28.2 Å². The minimum Gasteiger partial charge on any atom is -0.387 e. The lowest BCUT2D eigenvalue weighted by Crippen LogP contribution is -2.12. The van der Waals surface area contributed by atoms with Gasteiger partial charge < -0.3 is 10.8 Å². The van der Waals surface area contributed by atoms with Crippen LogP contribution in [0.3, 0.4) is 0 Å². The first-order valence-electron chi connectivity index (χ1n) is 3.91. The van der Waals surface area contributed by atoms with E-state index in [1.54, 1.807) is 11.8 Å². The molecule has 0 amide bonds. The fourth-order valence-corrected chi connectivity index (χ4v) is 2.58. The van der Waals surface area contributed by atoms with E-state index < -0.39 is 6.10 Å². The van der Waals surface area contributed by atoms with E-state index in [0.717, 1.165) is 14.9 Å². The number of nitrogens with two attached hydrogens (primary N) is 1. The van der Waals surface area contributed by atoms with Gasteiger partial charge in [0.1, 0.15) is 0 Å². The minimum absolute atomic E-state index is 0.246. The topological polar surface area (TPSA) is 46.2 Å². The third kappa shape index (κ3) is 2.47. The van der Waals surface area contributed by atoms with E-state index in [2.05, 4.69) is 15.9 Å². The molecule has 0 aromatic heterocycles. The molecule has 3 N–H and O–H groups in total. The summed E-state index contributed by atoms with van der Waals surface area (Å²) in [6.45, 7) is 0.246. The van der Waals surface area contributed by atoms with Crippen molar-refractivity contribution in [2.24, 2.45) is 5.73 Å². The molecule has 1 rings (SSSR count). The van der Waals surface area contributed by atoms with E-state index in [9.17, 15) is 5.11 Å². The van der Waals surface area contributed by atoms with Gasteiger partial charge in [-0.05, 0) is 18.4 Å². The van der Waals surface area contributed by atoms with Crippen LogP contribution in [0.25, 0.3) is 0 Å². The first-order chi connectivity index (χ1) is 6.20. The Morgan fingerprint density at radius 1 is 1.62 bits per heavy atom. The molecule has 0 spiro atoms. The molecule has 0 aliphatic heterocycles. The summed E-state index contributed by atoms with van der Waals surface area (Å²) >= 11 is 5.01. The van der Waals surface area contributed by atoms with Crippen LogP contribution in [-0.4, -0.2) is 17.9 Å². The Balaban J connectivity index is 3.14. The fourth-order valence-electron chi connectivity index (χ4n) is 1.14. The largest absolute Gasteiger partial charge is 0.387 e. The van der Waals surface area contributed by atoms with Crippen LogP contribution in [0.5, 0.6) is 0 Å². The van der Waals surface area contributed by atoms with Crippen molar-refractivity contribution in [3.8, 4) is 0 Å². The standard InChI is InChI=1S/C9H12BrNOS/c1-13-8-4-2-3-6(10)9(8)7(12)5-11/h2-4,7,12H,5,11H2,1H3.